The van der Waals surface area contributed by atoms with Crippen LogP contribution in [0.15, 0.2) is 53.2 Å². The van der Waals surface area contributed by atoms with Crippen LogP contribution in [0.4, 0.5) is 5.69 Å². The number of hydrogen-bond donors (Lipinski definition) is 1. The number of ketones is 1. The molecule has 4 nitrogen and oxygen atoms in total. The predicted molar refractivity (Wildman–Crippen MR) is 111 cm³/mol. The molecule has 138 valence electrons. The van der Waals surface area contributed by atoms with Gasteiger partial charge in [-0.25, -0.2) is 0 Å². The number of amides is 1. The van der Waals surface area contributed by atoms with Gasteiger partial charge in [0.2, 0.25) is 5.91 Å². The highest BCUT2D eigenvalue weighted by Gasteiger charge is 2.31. The number of rotatable bonds is 5. The van der Waals surface area contributed by atoms with E-state index in [1.54, 1.807) is 46.9 Å². The Hall–Kier alpha value is -2.28. The summed E-state index contributed by atoms with van der Waals surface area (Å²) >= 11 is 3.54. The fourth-order valence-corrected chi connectivity index (χ4v) is 5.27. The van der Waals surface area contributed by atoms with E-state index in [4.69, 9.17) is 0 Å². The van der Waals surface area contributed by atoms with Gasteiger partial charge < -0.3 is 5.32 Å². The van der Waals surface area contributed by atoms with Gasteiger partial charge in [0.1, 0.15) is 0 Å². The molecule has 0 bridgehead atoms. The Morgan fingerprint density at radius 1 is 1.11 bits per heavy atom. The summed E-state index contributed by atoms with van der Waals surface area (Å²) in [5.41, 5.74) is 2.69. The average molecular weight is 397 g/mol. The van der Waals surface area contributed by atoms with Crippen molar-refractivity contribution in [2.24, 2.45) is 0 Å². The fourth-order valence-electron chi connectivity index (χ4n) is 3.49. The van der Waals surface area contributed by atoms with Gasteiger partial charge in [0.05, 0.1) is 12.6 Å². The highest BCUT2D eigenvalue weighted by atomic mass is 32.1. The molecule has 4 rings (SSSR count). The Labute approximate surface area is 166 Å². The van der Waals surface area contributed by atoms with Crippen LogP contribution in [0.25, 0.3) is 0 Å². The highest BCUT2D eigenvalue weighted by molar-refractivity contribution is 7.10. The lowest BCUT2D eigenvalue weighted by atomic mass is 9.98. The molecular weight excluding hydrogens is 376 g/mol. The van der Waals surface area contributed by atoms with Crippen molar-refractivity contribution in [3.8, 4) is 0 Å². The normalized spacial score (nSPS) is 16.7. The quantitative estimate of drug-likeness (QED) is 0.641. The summed E-state index contributed by atoms with van der Waals surface area (Å²) in [5, 5.41) is 7.19. The van der Waals surface area contributed by atoms with E-state index in [-0.39, 0.29) is 17.7 Å². The van der Waals surface area contributed by atoms with E-state index in [1.165, 1.54) is 22.2 Å². The number of carbonyl (C=O) groups is 2. The number of fused-ring (bicyclic) bond motifs is 1. The smallest absolute Gasteiger partial charge is 0.238 e. The van der Waals surface area contributed by atoms with E-state index in [0.717, 1.165) is 13.0 Å². The van der Waals surface area contributed by atoms with Crippen LogP contribution < -0.4 is 5.32 Å². The summed E-state index contributed by atoms with van der Waals surface area (Å²) in [7, 11) is 0. The van der Waals surface area contributed by atoms with E-state index < -0.39 is 0 Å². The average Bonchev–Trinajstić information content (AvgIpc) is 3.33. The van der Waals surface area contributed by atoms with Crippen molar-refractivity contribution in [3.05, 3.63) is 74.1 Å². The molecule has 0 aliphatic carbocycles. The summed E-state index contributed by atoms with van der Waals surface area (Å²) in [6.45, 7) is 2.74. The fraction of sp³-hybridized carbons (Fsp3) is 0.238. The van der Waals surface area contributed by atoms with Gasteiger partial charge in [0.15, 0.2) is 5.78 Å². The summed E-state index contributed by atoms with van der Waals surface area (Å²) in [5.74, 6) is -0.0163. The molecule has 1 N–H and O–H groups in total. The monoisotopic (exact) mass is 396 g/mol. The number of carbonyl (C=O) groups excluding carboxylic acids is 2. The van der Waals surface area contributed by atoms with Gasteiger partial charge in [-0.15, -0.1) is 22.7 Å². The van der Waals surface area contributed by atoms with Crippen molar-refractivity contribution in [3.63, 3.8) is 0 Å². The topological polar surface area (TPSA) is 49.4 Å². The second-order valence-corrected chi connectivity index (χ2v) is 8.60. The van der Waals surface area contributed by atoms with Crippen molar-refractivity contribution >= 4 is 40.1 Å². The molecule has 1 aliphatic rings. The third kappa shape index (κ3) is 3.88. The van der Waals surface area contributed by atoms with Crippen molar-refractivity contribution < 1.29 is 9.59 Å². The molecule has 2 aromatic heterocycles. The summed E-state index contributed by atoms with van der Waals surface area (Å²) < 4.78 is 0. The maximum Gasteiger partial charge on any atom is 0.238 e. The van der Waals surface area contributed by atoms with Gasteiger partial charge in [-0.1, -0.05) is 6.07 Å². The van der Waals surface area contributed by atoms with Crippen molar-refractivity contribution in [2.75, 3.05) is 18.4 Å². The molecule has 0 saturated heterocycles. The van der Waals surface area contributed by atoms with Crippen LogP contribution in [0.3, 0.4) is 0 Å². The second-order valence-electron chi connectivity index (χ2n) is 6.62. The molecule has 6 heteroatoms. The van der Waals surface area contributed by atoms with Crippen LogP contribution in [-0.2, 0) is 11.2 Å². The van der Waals surface area contributed by atoms with Gasteiger partial charge in [-0.3, -0.25) is 14.5 Å². The zero-order chi connectivity index (χ0) is 18.8. The molecule has 1 amide bonds. The summed E-state index contributed by atoms with van der Waals surface area (Å²) in [4.78, 5) is 29.0. The minimum atomic E-state index is -0.0363. The van der Waals surface area contributed by atoms with Gasteiger partial charge in [-0.2, -0.15) is 0 Å². The maximum absolute atomic E-state index is 12.7. The molecule has 3 heterocycles. The zero-order valence-electron chi connectivity index (χ0n) is 15.0. The van der Waals surface area contributed by atoms with Crippen molar-refractivity contribution in [1.29, 1.82) is 0 Å². The van der Waals surface area contributed by atoms with Gasteiger partial charge >= 0.3 is 0 Å². The molecule has 3 aromatic rings. The summed E-state index contributed by atoms with van der Waals surface area (Å²) in [6.07, 6.45) is 0.982. The number of Topliss-reactive ketones (excluding diaryl/α,β-unsaturated/α-hetero) is 1. The molecule has 1 atom stereocenters. The lowest BCUT2D eigenvalue weighted by molar-refractivity contribution is -0.117. The second kappa shape index (κ2) is 7.76. The molecule has 1 unspecified atom stereocenters. The van der Waals surface area contributed by atoms with E-state index in [1.807, 2.05) is 0 Å². The highest BCUT2D eigenvalue weighted by Crippen LogP contribution is 2.39. The first kappa shape index (κ1) is 18.1. The molecule has 1 aromatic carbocycles. The van der Waals surface area contributed by atoms with Crippen molar-refractivity contribution in [2.45, 2.75) is 19.4 Å². The molecule has 1 aliphatic heterocycles. The maximum atomic E-state index is 12.7. The van der Waals surface area contributed by atoms with Crippen LogP contribution in [0.1, 0.15) is 38.6 Å². The third-order valence-corrected chi connectivity index (χ3v) is 6.72. The predicted octanol–water partition coefficient (Wildman–Crippen LogP) is 4.60. The number of anilines is 1. The standard InChI is InChI=1S/C21H20N2O2S2/c1-14(24)15-4-6-16(7-5-15)22-20(25)13-23-10-8-18-17(9-12-27-18)21(23)19-3-2-11-26-19/h2-7,9,11-12,21H,8,10,13H2,1H3,(H,22,25). The Balaban J connectivity index is 1.49. The molecule has 0 radical (unpaired) electrons. The Kier molecular flexibility index (Phi) is 5.20. The van der Waals surface area contributed by atoms with Crippen LogP contribution in [0, 0.1) is 0 Å². The first-order valence-corrected chi connectivity index (χ1v) is 10.6. The van der Waals surface area contributed by atoms with Crippen LogP contribution in [0.2, 0.25) is 0 Å². The first-order chi connectivity index (χ1) is 13.1. The van der Waals surface area contributed by atoms with Gasteiger partial charge in [0, 0.05) is 27.5 Å². The SMILES string of the molecule is CC(=O)c1ccc(NC(=O)CN2CCc3sccc3C2c2cccs2)cc1. The Morgan fingerprint density at radius 2 is 1.93 bits per heavy atom. The van der Waals surface area contributed by atoms with Crippen LogP contribution in [-0.4, -0.2) is 29.7 Å². The number of thiophene rings is 2. The summed E-state index contributed by atoms with van der Waals surface area (Å²) in [6, 6.07) is 13.6. The molecule has 0 fully saturated rings. The molecule has 27 heavy (non-hydrogen) atoms. The Morgan fingerprint density at radius 3 is 2.63 bits per heavy atom. The van der Waals surface area contributed by atoms with Gasteiger partial charge in [0.25, 0.3) is 0 Å². The number of hydrogen-bond acceptors (Lipinski definition) is 5. The number of nitrogens with zero attached hydrogens (tertiary/aromatic N) is 1. The minimum Gasteiger partial charge on any atom is -0.325 e. The van der Waals surface area contributed by atoms with Gasteiger partial charge in [-0.05, 0) is 66.1 Å². The van der Waals surface area contributed by atoms with Crippen LogP contribution in [0.5, 0.6) is 0 Å². The van der Waals surface area contributed by atoms with E-state index in [9.17, 15) is 9.59 Å². The van der Waals surface area contributed by atoms with Crippen LogP contribution >= 0.6 is 22.7 Å². The lowest BCUT2D eigenvalue weighted by Crippen LogP contribution is -2.40. The Bertz CT molecular complexity index is 945. The van der Waals surface area contributed by atoms with E-state index >= 15 is 0 Å². The first-order valence-electron chi connectivity index (χ1n) is 8.86. The van der Waals surface area contributed by atoms with Crippen molar-refractivity contribution in [1.82, 2.24) is 4.90 Å². The molecule has 0 saturated carbocycles. The number of benzene rings is 1. The lowest BCUT2D eigenvalue weighted by Gasteiger charge is -2.34. The molecular formula is C21H20N2O2S2. The van der Waals surface area contributed by atoms with E-state index in [2.05, 4.69) is 39.2 Å². The third-order valence-electron chi connectivity index (χ3n) is 4.80. The zero-order valence-corrected chi connectivity index (χ0v) is 16.6. The molecule has 0 spiro atoms. The van der Waals surface area contributed by atoms with E-state index in [0.29, 0.717) is 17.8 Å². The minimum absolute atomic E-state index is 0.0200. The largest absolute Gasteiger partial charge is 0.325 e. The number of nitrogens with one attached hydrogen (secondary N) is 1.